The maximum atomic E-state index is 11.9. The molecule has 0 atom stereocenters. The van der Waals surface area contributed by atoms with Crippen molar-refractivity contribution in [1.82, 2.24) is 15.5 Å². The van der Waals surface area contributed by atoms with Crippen molar-refractivity contribution in [3.05, 3.63) is 63.6 Å². The lowest BCUT2D eigenvalue weighted by Gasteiger charge is -2.04. The van der Waals surface area contributed by atoms with Gasteiger partial charge in [-0.2, -0.15) is 0 Å². The zero-order chi connectivity index (χ0) is 17.6. The van der Waals surface area contributed by atoms with E-state index in [1.807, 2.05) is 36.4 Å². The Balaban J connectivity index is 1.51. The van der Waals surface area contributed by atoms with E-state index in [9.17, 15) is 4.79 Å². The fraction of sp³-hybridized carbons (Fsp3) is 0.118. The summed E-state index contributed by atoms with van der Waals surface area (Å²) in [5.41, 5.74) is 1.80. The molecular formula is C17H13BrClN3O2S. The van der Waals surface area contributed by atoms with Crippen LogP contribution in [0.3, 0.4) is 0 Å². The number of aromatic nitrogens is 2. The molecule has 0 radical (unpaired) electrons. The van der Waals surface area contributed by atoms with E-state index in [1.54, 1.807) is 12.1 Å². The molecule has 0 saturated heterocycles. The van der Waals surface area contributed by atoms with Crippen molar-refractivity contribution in [2.24, 2.45) is 0 Å². The SMILES string of the molecule is O=C(CSc1nnc(-c2ccccc2Br)o1)NCc1ccc(Cl)cc1. The molecule has 25 heavy (non-hydrogen) atoms. The van der Waals surface area contributed by atoms with E-state index in [4.69, 9.17) is 16.0 Å². The van der Waals surface area contributed by atoms with Gasteiger partial charge in [-0.3, -0.25) is 4.79 Å². The Morgan fingerprint density at radius 3 is 2.68 bits per heavy atom. The second-order valence-corrected chi connectivity index (χ2v) is 7.26. The van der Waals surface area contributed by atoms with E-state index in [1.165, 1.54) is 11.8 Å². The Kier molecular flexibility index (Phi) is 6.12. The van der Waals surface area contributed by atoms with Gasteiger partial charge in [0.25, 0.3) is 5.22 Å². The minimum absolute atomic E-state index is 0.111. The van der Waals surface area contributed by atoms with Gasteiger partial charge >= 0.3 is 0 Å². The second-order valence-electron chi connectivity index (χ2n) is 5.04. The van der Waals surface area contributed by atoms with Gasteiger partial charge in [0.2, 0.25) is 11.8 Å². The molecule has 0 aliphatic carbocycles. The quantitative estimate of drug-likeness (QED) is 0.571. The summed E-state index contributed by atoms with van der Waals surface area (Å²) in [6.07, 6.45) is 0. The topological polar surface area (TPSA) is 68.0 Å². The Labute approximate surface area is 162 Å². The van der Waals surface area contributed by atoms with Crippen LogP contribution >= 0.6 is 39.3 Å². The summed E-state index contributed by atoms with van der Waals surface area (Å²) in [5.74, 6) is 0.502. The number of hydrogen-bond acceptors (Lipinski definition) is 5. The molecule has 3 aromatic rings. The summed E-state index contributed by atoms with van der Waals surface area (Å²) in [5, 5.41) is 11.8. The van der Waals surface area contributed by atoms with E-state index < -0.39 is 0 Å². The lowest BCUT2D eigenvalue weighted by Crippen LogP contribution is -2.24. The van der Waals surface area contributed by atoms with Crippen LogP contribution in [0, 0.1) is 0 Å². The van der Waals surface area contributed by atoms with Crippen LogP contribution in [0.25, 0.3) is 11.5 Å². The fourth-order valence-electron chi connectivity index (χ4n) is 1.99. The molecule has 0 aliphatic rings. The maximum Gasteiger partial charge on any atom is 0.277 e. The van der Waals surface area contributed by atoms with Crippen molar-refractivity contribution in [1.29, 1.82) is 0 Å². The molecule has 8 heteroatoms. The largest absolute Gasteiger partial charge is 0.411 e. The highest BCUT2D eigenvalue weighted by Crippen LogP contribution is 2.28. The molecule has 1 N–H and O–H groups in total. The molecule has 0 aliphatic heterocycles. The van der Waals surface area contributed by atoms with E-state index in [-0.39, 0.29) is 11.7 Å². The van der Waals surface area contributed by atoms with Crippen LogP contribution in [-0.2, 0) is 11.3 Å². The molecule has 3 rings (SSSR count). The van der Waals surface area contributed by atoms with Crippen LogP contribution in [0.5, 0.6) is 0 Å². The fourth-order valence-corrected chi connectivity index (χ4v) is 3.17. The highest BCUT2D eigenvalue weighted by Gasteiger charge is 2.13. The predicted molar refractivity (Wildman–Crippen MR) is 101 cm³/mol. The third-order valence-electron chi connectivity index (χ3n) is 3.24. The maximum absolute atomic E-state index is 11.9. The summed E-state index contributed by atoms with van der Waals surface area (Å²) in [6, 6.07) is 14.9. The third-order valence-corrected chi connectivity index (χ3v) is 5.00. The van der Waals surface area contributed by atoms with Crippen molar-refractivity contribution in [3.63, 3.8) is 0 Å². The number of thioether (sulfide) groups is 1. The third kappa shape index (κ3) is 5.07. The molecule has 0 bridgehead atoms. The van der Waals surface area contributed by atoms with Crippen LogP contribution in [0.15, 0.2) is 62.6 Å². The number of benzene rings is 2. The first-order chi connectivity index (χ1) is 12.1. The van der Waals surface area contributed by atoms with Crippen molar-refractivity contribution in [2.75, 3.05) is 5.75 Å². The van der Waals surface area contributed by atoms with Gasteiger partial charge in [0.1, 0.15) is 0 Å². The monoisotopic (exact) mass is 437 g/mol. The molecule has 0 saturated carbocycles. The molecule has 0 spiro atoms. The number of rotatable bonds is 6. The second kappa shape index (κ2) is 8.51. The van der Waals surface area contributed by atoms with Crippen LogP contribution in [0.4, 0.5) is 0 Å². The first-order valence-electron chi connectivity index (χ1n) is 7.34. The van der Waals surface area contributed by atoms with Gasteiger partial charge in [0, 0.05) is 16.0 Å². The van der Waals surface area contributed by atoms with Crippen LogP contribution in [-0.4, -0.2) is 21.9 Å². The van der Waals surface area contributed by atoms with Crippen molar-refractivity contribution in [2.45, 2.75) is 11.8 Å². The first kappa shape index (κ1) is 18.0. The van der Waals surface area contributed by atoms with Gasteiger partial charge in [0.05, 0.1) is 11.3 Å². The average molecular weight is 439 g/mol. The van der Waals surface area contributed by atoms with Gasteiger partial charge < -0.3 is 9.73 Å². The Hall–Kier alpha value is -1.83. The Morgan fingerprint density at radius 1 is 1.16 bits per heavy atom. The molecule has 128 valence electrons. The first-order valence-corrected chi connectivity index (χ1v) is 9.50. The number of carbonyl (C=O) groups excluding carboxylic acids is 1. The molecule has 5 nitrogen and oxygen atoms in total. The lowest BCUT2D eigenvalue weighted by atomic mass is 10.2. The van der Waals surface area contributed by atoms with Crippen molar-refractivity contribution >= 4 is 45.2 Å². The zero-order valence-corrected chi connectivity index (χ0v) is 16.1. The molecule has 2 aromatic carbocycles. The summed E-state index contributed by atoms with van der Waals surface area (Å²) < 4.78 is 6.46. The van der Waals surface area contributed by atoms with Crippen LogP contribution in [0.2, 0.25) is 5.02 Å². The minimum atomic E-state index is -0.111. The van der Waals surface area contributed by atoms with Crippen molar-refractivity contribution < 1.29 is 9.21 Å². The minimum Gasteiger partial charge on any atom is -0.411 e. The van der Waals surface area contributed by atoms with Gasteiger partial charge in [-0.15, -0.1) is 10.2 Å². The number of carbonyl (C=O) groups is 1. The standard InChI is InChI=1S/C17H13BrClN3O2S/c18-14-4-2-1-3-13(14)16-21-22-17(24-16)25-10-15(23)20-9-11-5-7-12(19)8-6-11/h1-8H,9-10H2,(H,20,23). The summed E-state index contributed by atoms with van der Waals surface area (Å²) in [4.78, 5) is 11.9. The summed E-state index contributed by atoms with van der Waals surface area (Å²) >= 11 is 10.5. The van der Waals surface area contributed by atoms with Gasteiger partial charge in [-0.1, -0.05) is 47.6 Å². The molecule has 1 amide bonds. The summed E-state index contributed by atoms with van der Waals surface area (Å²) in [7, 11) is 0. The van der Waals surface area contributed by atoms with E-state index >= 15 is 0 Å². The normalized spacial score (nSPS) is 10.6. The van der Waals surface area contributed by atoms with E-state index in [0.717, 1.165) is 15.6 Å². The van der Waals surface area contributed by atoms with Gasteiger partial charge in [0.15, 0.2) is 0 Å². The lowest BCUT2D eigenvalue weighted by molar-refractivity contribution is -0.118. The molecule has 0 fully saturated rings. The van der Waals surface area contributed by atoms with Crippen LogP contribution in [0.1, 0.15) is 5.56 Å². The Morgan fingerprint density at radius 2 is 1.92 bits per heavy atom. The highest BCUT2D eigenvalue weighted by molar-refractivity contribution is 9.10. The molecule has 1 aromatic heterocycles. The number of nitrogens with one attached hydrogen (secondary N) is 1. The number of amides is 1. The van der Waals surface area contributed by atoms with Gasteiger partial charge in [-0.05, 0) is 45.8 Å². The molecule has 1 heterocycles. The summed E-state index contributed by atoms with van der Waals surface area (Å²) in [6.45, 7) is 0.447. The highest BCUT2D eigenvalue weighted by atomic mass is 79.9. The number of nitrogens with zero attached hydrogens (tertiary/aromatic N) is 2. The molecule has 0 unspecified atom stereocenters. The zero-order valence-electron chi connectivity index (χ0n) is 12.9. The Bertz CT molecular complexity index is 870. The number of hydrogen-bond donors (Lipinski definition) is 1. The molecular weight excluding hydrogens is 426 g/mol. The van der Waals surface area contributed by atoms with E-state index in [0.29, 0.717) is 22.7 Å². The smallest absolute Gasteiger partial charge is 0.277 e. The van der Waals surface area contributed by atoms with Crippen LogP contribution < -0.4 is 5.32 Å². The van der Waals surface area contributed by atoms with E-state index in [2.05, 4.69) is 31.4 Å². The predicted octanol–water partition coefficient (Wildman–Crippen LogP) is 4.56. The average Bonchev–Trinajstić information content (AvgIpc) is 3.08. The number of halogens is 2. The van der Waals surface area contributed by atoms with Gasteiger partial charge in [-0.25, -0.2) is 0 Å². The van der Waals surface area contributed by atoms with Crippen molar-refractivity contribution in [3.8, 4) is 11.5 Å².